The molecule has 0 aromatic heterocycles. The van der Waals surface area contributed by atoms with Gasteiger partial charge < -0.3 is 10.2 Å². The van der Waals surface area contributed by atoms with E-state index in [1.165, 1.54) is 19.3 Å². The number of rotatable bonds is 8. The first-order chi connectivity index (χ1) is 8.57. The summed E-state index contributed by atoms with van der Waals surface area (Å²) in [6, 6.07) is 1.04. The van der Waals surface area contributed by atoms with Crippen molar-refractivity contribution in [2.45, 2.75) is 44.2 Å². The van der Waals surface area contributed by atoms with Crippen LogP contribution in [0, 0.1) is 0 Å². The maximum atomic E-state index is 11.8. The van der Waals surface area contributed by atoms with Crippen LogP contribution in [0.2, 0.25) is 0 Å². The van der Waals surface area contributed by atoms with Gasteiger partial charge >= 0.3 is 0 Å². The molecule has 5 nitrogen and oxygen atoms in total. The van der Waals surface area contributed by atoms with Crippen LogP contribution in [0.1, 0.15) is 32.1 Å². The molecule has 0 radical (unpaired) electrons. The van der Waals surface area contributed by atoms with Gasteiger partial charge in [0.25, 0.3) is 0 Å². The highest BCUT2D eigenvalue weighted by Crippen LogP contribution is 2.18. The Morgan fingerprint density at radius 2 is 2.06 bits per heavy atom. The van der Waals surface area contributed by atoms with Gasteiger partial charge in [0.15, 0.2) is 0 Å². The molecule has 6 heteroatoms. The van der Waals surface area contributed by atoms with Crippen LogP contribution >= 0.6 is 0 Å². The molecule has 106 valence electrons. The SMILES string of the molecule is CN1CCCC1CNS(=O)(=O)CCCNC1CC1. The standard InChI is InChI=1S/C12H25N3O2S/c1-15-8-2-4-12(15)10-14-18(16,17)9-3-7-13-11-5-6-11/h11-14H,2-10H2,1H3. The quantitative estimate of drug-likeness (QED) is 0.619. The van der Waals surface area contributed by atoms with Crippen LogP contribution in [-0.4, -0.2) is 57.8 Å². The topological polar surface area (TPSA) is 61.4 Å². The van der Waals surface area contributed by atoms with Crippen LogP contribution in [0.25, 0.3) is 0 Å². The van der Waals surface area contributed by atoms with Gasteiger partial charge in [0.05, 0.1) is 5.75 Å². The second-order valence-electron chi connectivity index (χ2n) is 5.53. The van der Waals surface area contributed by atoms with Crippen molar-refractivity contribution >= 4 is 10.0 Å². The Balaban J connectivity index is 1.60. The lowest BCUT2D eigenvalue weighted by Crippen LogP contribution is -2.39. The summed E-state index contributed by atoms with van der Waals surface area (Å²) >= 11 is 0. The van der Waals surface area contributed by atoms with Gasteiger partial charge in [-0.3, -0.25) is 0 Å². The third kappa shape index (κ3) is 4.84. The third-order valence-electron chi connectivity index (χ3n) is 3.81. The lowest BCUT2D eigenvalue weighted by Gasteiger charge is -2.19. The molecular weight excluding hydrogens is 250 g/mol. The average molecular weight is 275 g/mol. The van der Waals surface area contributed by atoms with E-state index in [-0.39, 0.29) is 5.75 Å². The Morgan fingerprint density at radius 3 is 2.67 bits per heavy atom. The highest BCUT2D eigenvalue weighted by molar-refractivity contribution is 7.89. The number of likely N-dealkylation sites (tertiary alicyclic amines) is 1. The van der Waals surface area contributed by atoms with Crippen LogP contribution in [0.3, 0.4) is 0 Å². The second-order valence-corrected chi connectivity index (χ2v) is 7.45. The average Bonchev–Trinajstić information content (AvgIpc) is 3.05. The van der Waals surface area contributed by atoms with E-state index < -0.39 is 10.0 Å². The lowest BCUT2D eigenvalue weighted by atomic mass is 10.2. The van der Waals surface area contributed by atoms with Crippen LogP contribution in [0.5, 0.6) is 0 Å². The molecular formula is C12H25N3O2S. The first-order valence-corrected chi connectivity index (χ1v) is 8.63. The van der Waals surface area contributed by atoms with E-state index >= 15 is 0 Å². The molecule has 0 spiro atoms. The van der Waals surface area contributed by atoms with Crippen molar-refractivity contribution in [3.8, 4) is 0 Å². The van der Waals surface area contributed by atoms with Gasteiger partial charge in [-0.25, -0.2) is 13.1 Å². The van der Waals surface area contributed by atoms with Gasteiger partial charge in [-0.05, 0) is 52.2 Å². The van der Waals surface area contributed by atoms with E-state index in [0.29, 0.717) is 25.0 Å². The monoisotopic (exact) mass is 275 g/mol. The van der Waals surface area contributed by atoms with E-state index in [9.17, 15) is 8.42 Å². The van der Waals surface area contributed by atoms with Gasteiger partial charge in [0.1, 0.15) is 0 Å². The molecule has 1 atom stereocenters. The summed E-state index contributed by atoms with van der Waals surface area (Å²) < 4.78 is 26.3. The largest absolute Gasteiger partial charge is 0.314 e. The molecule has 0 aromatic rings. The minimum Gasteiger partial charge on any atom is -0.314 e. The molecule has 1 saturated carbocycles. The highest BCUT2D eigenvalue weighted by Gasteiger charge is 2.23. The van der Waals surface area contributed by atoms with Crippen LogP contribution in [-0.2, 0) is 10.0 Å². The summed E-state index contributed by atoms with van der Waals surface area (Å²) in [6.07, 6.45) is 5.47. The smallest absolute Gasteiger partial charge is 0.211 e. The summed E-state index contributed by atoms with van der Waals surface area (Å²) in [5.74, 6) is 0.239. The predicted octanol–water partition coefficient (Wildman–Crippen LogP) is 0.142. The summed E-state index contributed by atoms with van der Waals surface area (Å²) in [5.41, 5.74) is 0. The van der Waals surface area contributed by atoms with Crippen LogP contribution < -0.4 is 10.0 Å². The summed E-state index contributed by atoms with van der Waals surface area (Å²) in [4.78, 5) is 2.23. The van der Waals surface area contributed by atoms with Crippen molar-refractivity contribution in [3.05, 3.63) is 0 Å². The van der Waals surface area contributed by atoms with Crippen molar-refractivity contribution in [2.75, 3.05) is 32.4 Å². The molecule has 1 saturated heterocycles. The minimum atomic E-state index is -3.09. The molecule has 0 bridgehead atoms. The Kier molecular flexibility index (Phi) is 5.00. The van der Waals surface area contributed by atoms with E-state index in [1.807, 2.05) is 0 Å². The Labute approximate surface area is 110 Å². The predicted molar refractivity (Wildman–Crippen MR) is 73.1 cm³/mol. The zero-order chi connectivity index (χ0) is 13.0. The zero-order valence-corrected chi connectivity index (χ0v) is 12.0. The summed E-state index contributed by atoms with van der Waals surface area (Å²) in [7, 11) is -1.03. The molecule has 0 aromatic carbocycles. The molecule has 1 aliphatic carbocycles. The molecule has 1 aliphatic heterocycles. The number of hydrogen-bond acceptors (Lipinski definition) is 4. The summed E-state index contributed by atoms with van der Waals surface area (Å²) in [5, 5.41) is 3.33. The number of nitrogens with zero attached hydrogens (tertiary/aromatic N) is 1. The zero-order valence-electron chi connectivity index (χ0n) is 11.2. The van der Waals surface area contributed by atoms with Gasteiger partial charge in [-0.15, -0.1) is 0 Å². The third-order valence-corrected chi connectivity index (χ3v) is 5.24. The van der Waals surface area contributed by atoms with Crippen molar-refractivity contribution in [1.29, 1.82) is 0 Å². The van der Waals surface area contributed by atoms with E-state index in [4.69, 9.17) is 0 Å². The molecule has 0 amide bonds. The van der Waals surface area contributed by atoms with E-state index in [1.54, 1.807) is 0 Å². The first-order valence-electron chi connectivity index (χ1n) is 6.98. The fourth-order valence-electron chi connectivity index (χ4n) is 2.39. The molecule has 2 rings (SSSR count). The summed E-state index contributed by atoms with van der Waals surface area (Å²) in [6.45, 7) is 2.46. The fraction of sp³-hybridized carbons (Fsp3) is 1.00. The molecule has 1 unspecified atom stereocenters. The normalized spacial score (nSPS) is 25.7. The lowest BCUT2D eigenvalue weighted by molar-refractivity contribution is 0.311. The molecule has 2 fully saturated rings. The molecule has 18 heavy (non-hydrogen) atoms. The second kappa shape index (κ2) is 6.32. The number of likely N-dealkylation sites (N-methyl/N-ethyl adjacent to an activating group) is 1. The van der Waals surface area contributed by atoms with Gasteiger partial charge in [-0.2, -0.15) is 0 Å². The van der Waals surface area contributed by atoms with Crippen molar-refractivity contribution < 1.29 is 8.42 Å². The van der Waals surface area contributed by atoms with Crippen molar-refractivity contribution in [1.82, 2.24) is 14.9 Å². The highest BCUT2D eigenvalue weighted by atomic mass is 32.2. The fourth-order valence-corrected chi connectivity index (χ4v) is 3.50. The van der Waals surface area contributed by atoms with E-state index in [2.05, 4.69) is 22.0 Å². The van der Waals surface area contributed by atoms with Crippen LogP contribution in [0.4, 0.5) is 0 Å². The molecule has 1 heterocycles. The van der Waals surface area contributed by atoms with Crippen molar-refractivity contribution in [3.63, 3.8) is 0 Å². The molecule has 2 aliphatic rings. The van der Waals surface area contributed by atoms with E-state index in [0.717, 1.165) is 19.5 Å². The Bertz CT molecular complexity index is 354. The number of sulfonamides is 1. The van der Waals surface area contributed by atoms with Gasteiger partial charge in [-0.1, -0.05) is 0 Å². The number of nitrogens with one attached hydrogen (secondary N) is 2. The number of hydrogen-bond donors (Lipinski definition) is 2. The Morgan fingerprint density at radius 1 is 1.28 bits per heavy atom. The minimum absolute atomic E-state index is 0.239. The van der Waals surface area contributed by atoms with Crippen LogP contribution in [0.15, 0.2) is 0 Å². The maximum absolute atomic E-state index is 11.8. The molecule has 2 N–H and O–H groups in total. The maximum Gasteiger partial charge on any atom is 0.211 e. The Hall–Kier alpha value is -0.170. The van der Waals surface area contributed by atoms with Gasteiger partial charge in [0.2, 0.25) is 10.0 Å². The first kappa shape index (κ1) is 14.2. The van der Waals surface area contributed by atoms with Gasteiger partial charge in [0, 0.05) is 18.6 Å². The van der Waals surface area contributed by atoms with Crippen molar-refractivity contribution in [2.24, 2.45) is 0 Å².